The van der Waals surface area contributed by atoms with Crippen molar-refractivity contribution in [1.82, 2.24) is 15.0 Å². The van der Waals surface area contributed by atoms with Crippen molar-refractivity contribution in [3.8, 4) is 5.88 Å². The number of hydrogen-bond acceptors (Lipinski definition) is 5. The number of nitrogen functional groups attached to an aromatic ring is 1. The van der Waals surface area contributed by atoms with Crippen molar-refractivity contribution in [2.75, 3.05) is 5.73 Å². The summed E-state index contributed by atoms with van der Waals surface area (Å²) in [6.07, 6.45) is -2.15. The summed E-state index contributed by atoms with van der Waals surface area (Å²) >= 11 is 0. The highest BCUT2D eigenvalue weighted by Crippen LogP contribution is 2.36. The highest BCUT2D eigenvalue weighted by Gasteiger charge is 2.35. The second-order valence-corrected chi connectivity index (χ2v) is 4.21. The van der Waals surface area contributed by atoms with Crippen LogP contribution < -0.4 is 10.5 Å². The van der Waals surface area contributed by atoms with Crippen molar-refractivity contribution in [2.24, 2.45) is 0 Å². The van der Waals surface area contributed by atoms with E-state index in [-0.39, 0.29) is 5.95 Å². The van der Waals surface area contributed by atoms with E-state index >= 15 is 0 Å². The SMILES string of the molecule is CC[C@H](Oc1ncccc1C(F)(F)F)c1ccnc(N)n1. The van der Waals surface area contributed by atoms with Gasteiger partial charge in [0.25, 0.3) is 0 Å². The number of halogens is 3. The van der Waals surface area contributed by atoms with Gasteiger partial charge in [0.15, 0.2) is 0 Å². The Morgan fingerprint density at radius 1 is 1.24 bits per heavy atom. The number of aromatic nitrogens is 3. The Bertz CT molecular complexity index is 618. The van der Waals surface area contributed by atoms with E-state index in [1.54, 1.807) is 13.0 Å². The van der Waals surface area contributed by atoms with Crippen LogP contribution in [0.3, 0.4) is 0 Å². The van der Waals surface area contributed by atoms with Gasteiger partial charge < -0.3 is 10.5 Å². The quantitative estimate of drug-likeness (QED) is 0.939. The molecule has 0 unspecified atom stereocenters. The highest BCUT2D eigenvalue weighted by atomic mass is 19.4. The molecule has 0 amide bonds. The Kier molecular flexibility index (Phi) is 4.25. The molecule has 21 heavy (non-hydrogen) atoms. The molecule has 2 heterocycles. The fourth-order valence-corrected chi connectivity index (χ4v) is 1.76. The maximum Gasteiger partial charge on any atom is 0.421 e. The number of hydrogen-bond donors (Lipinski definition) is 1. The molecule has 2 N–H and O–H groups in total. The predicted octanol–water partition coefficient (Wildman–Crippen LogP) is 3.00. The van der Waals surface area contributed by atoms with Gasteiger partial charge in [-0.05, 0) is 24.6 Å². The second kappa shape index (κ2) is 5.94. The zero-order valence-electron chi connectivity index (χ0n) is 11.1. The van der Waals surface area contributed by atoms with Crippen molar-refractivity contribution in [1.29, 1.82) is 0 Å². The lowest BCUT2D eigenvalue weighted by atomic mass is 10.2. The van der Waals surface area contributed by atoms with Gasteiger partial charge in [0.2, 0.25) is 11.8 Å². The van der Waals surface area contributed by atoms with E-state index in [0.717, 1.165) is 6.07 Å². The molecule has 2 aromatic heterocycles. The third-order valence-electron chi connectivity index (χ3n) is 2.73. The summed E-state index contributed by atoms with van der Waals surface area (Å²) in [5, 5.41) is 0. The first kappa shape index (κ1) is 15.0. The summed E-state index contributed by atoms with van der Waals surface area (Å²) < 4.78 is 44.1. The number of nitrogens with zero attached hydrogens (tertiary/aromatic N) is 3. The summed E-state index contributed by atoms with van der Waals surface area (Å²) in [7, 11) is 0. The Balaban J connectivity index is 2.32. The van der Waals surface area contributed by atoms with E-state index in [1.165, 1.54) is 18.5 Å². The molecule has 8 heteroatoms. The zero-order valence-corrected chi connectivity index (χ0v) is 11.1. The molecule has 0 spiro atoms. The predicted molar refractivity (Wildman–Crippen MR) is 69.3 cm³/mol. The molecule has 0 aliphatic heterocycles. The van der Waals surface area contributed by atoms with Crippen LogP contribution in [0.5, 0.6) is 5.88 Å². The van der Waals surface area contributed by atoms with Gasteiger partial charge in [-0.25, -0.2) is 15.0 Å². The van der Waals surface area contributed by atoms with Gasteiger partial charge in [-0.2, -0.15) is 13.2 Å². The van der Waals surface area contributed by atoms with Crippen LogP contribution in [0, 0.1) is 0 Å². The molecule has 5 nitrogen and oxygen atoms in total. The van der Waals surface area contributed by atoms with Crippen molar-refractivity contribution in [3.05, 3.63) is 41.9 Å². The van der Waals surface area contributed by atoms with Gasteiger partial charge in [-0.1, -0.05) is 6.92 Å². The number of nitrogens with two attached hydrogens (primary N) is 1. The lowest BCUT2D eigenvalue weighted by Gasteiger charge is -2.19. The molecule has 0 aliphatic carbocycles. The lowest BCUT2D eigenvalue weighted by Crippen LogP contribution is -2.15. The number of pyridine rings is 1. The maximum absolute atomic E-state index is 12.9. The minimum absolute atomic E-state index is 0.0339. The molecule has 0 saturated heterocycles. The van der Waals surface area contributed by atoms with Crippen LogP contribution in [0.4, 0.5) is 19.1 Å². The topological polar surface area (TPSA) is 73.9 Å². The number of ether oxygens (including phenoxy) is 1. The van der Waals surface area contributed by atoms with Gasteiger partial charge in [0.05, 0.1) is 5.69 Å². The molecular formula is C13H13F3N4O. The molecule has 0 aromatic carbocycles. The third kappa shape index (κ3) is 3.59. The van der Waals surface area contributed by atoms with E-state index in [0.29, 0.717) is 12.1 Å². The van der Waals surface area contributed by atoms with E-state index in [4.69, 9.17) is 10.5 Å². The van der Waals surface area contributed by atoms with E-state index in [2.05, 4.69) is 15.0 Å². The van der Waals surface area contributed by atoms with Crippen LogP contribution in [-0.2, 0) is 6.18 Å². The lowest BCUT2D eigenvalue weighted by molar-refractivity contribution is -0.139. The maximum atomic E-state index is 12.9. The smallest absolute Gasteiger partial charge is 0.421 e. The molecule has 0 fully saturated rings. The number of anilines is 1. The molecule has 2 rings (SSSR count). The van der Waals surface area contributed by atoms with Crippen molar-refractivity contribution in [3.63, 3.8) is 0 Å². The van der Waals surface area contributed by atoms with Crippen LogP contribution in [0.1, 0.15) is 30.7 Å². The van der Waals surface area contributed by atoms with Crippen LogP contribution in [0.25, 0.3) is 0 Å². The van der Waals surface area contributed by atoms with E-state index in [9.17, 15) is 13.2 Å². The van der Waals surface area contributed by atoms with Gasteiger partial charge in [-0.3, -0.25) is 0 Å². The average Bonchev–Trinajstić information content (AvgIpc) is 2.44. The van der Waals surface area contributed by atoms with Gasteiger partial charge >= 0.3 is 6.18 Å². The largest absolute Gasteiger partial charge is 0.467 e. The number of rotatable bonds is 4. The molecule has 1 atom stereocenters. The minimum atomic E-state index is -4.54. The van der Waals surface area contributed by atoms with Crippen LogP contribution in [0.15, 0.2) is 30.6 Å². The van der Waals surface area contributed by atoms with Gasteiger partial charge in [-0.15, -0.1) is 0 Å². The van der Waals surface area contributed by atoms with Crippen molar-refractivity contribution in [2.45, 2.75) is 25.6 Å². The number of alkyl halides is 3. The summed E-state index contributed by atoms with van der Waals surface area (Å²) in [5.74, 6) is -0.444. The third-order valence-corrected chi connectivity index (χ3v) is 2.73. The van der Waals surface area contributed by atoms with Gasteiger partial charge in [0, 0.05) is 12.4 Å². The Morgan fingerprint density at radius 3 is 2.62 bits per heavy atom. The molecule has 0 aliphatic rings. The normalized spacial score (nSPS) is 13.0. The summed E-state index contributed by atoms with van der Waals surface area (Å²) in [6.45, 7) is 1.76. The zero-order chi connectivity index (χ0) is 15.5. The molecular weight excluding hydrogens is 285 g/mol. The Labute approximate surface area is 119 Å². The fourth-order valence-electron chi connectivity index (χ4n) is 1.76. The molecule has 2 aromatic rings. The Hall–Kier alpha value is -2.38. The highest BCUT2D eigenvalue weighted by molar-refractivity contribution is 5.29. The summed E-state index contributed by atoms with van der Waals surface area (Å²) in [6, 6.07) is 3.67. The van der Waals surface area contributed by atoms with Crippen LogP contribution in [0.2, 0.25) is 0 Å². The summed E-state index contributed by atoms with van der Waals surface area (Å²) in [4.78, 5) is 11.4. The first-order valence-corrected chi connectivity index (χ1v) is 6.19. The van der Waals surface area contributed by atoms with Crippen molar-refractivity contribution >= 4 is 5.95 Å². The van der Waals surface area contributed by atoms with Crippen LogP contribution in [-0.4, -0.2) is 15.0 Å². The Morgan fingerprint density at radius 2 is 2.00 bits per heavy atom. The monoisotopic (exact) mass is 298 g/mol. The molecule has 0 saturated carbocycles. The standard InChI is InChI=1S/C13H13F3N4O/c1-2-10(9-5-7-19-12(17)20-9)21-11-8(13(14,15)16)4-3-6-18-11/h3-7,10H,2H2,1H3,(H2,17,19,20)/t10-/m0/s1. The molecule has 0 radical (unpaired) electrons. The first-order valence-electron chi connectivity index (χ1n) is 6.19. The first-order chi connectivity index (χ1) is 9.91. The van der Waals surface area contributed by atoms with E-state index in [1.807, 2.05) is 0 Å². The van der Waals surface area contributed by atoms with Gasteiger partial charge in [0.1, 0.15) is 11.7 Å². The van der Waals surface area contributed by atoms with Crippen LogP contribution >= 0.6 is 0 Å². The van der Waals surface area contributed by atoms with Crippen molar-refractivity contribution < 1.29 is 17.9 Å². The fraction of sp³-hybridized carbons (Fsp3) is 0.308. The second-order valence-electron chi connectivity index (χ2n) is 4.21. The summed E-state index contributed by atoms with van der Waals surface area (Å²) in [5.41, 5.74) is 4.95. The average molecular weight is 298 g/mol. The molecule has 112 valence electrons. The minimum Gasteiger partial charge on any atom is -0.467 e. The molecule has 0 bridgehead atoms. The van der Waals surface area contributed by atoms with E-state index < -0.39 is 23.7 Å².